The molecule has 1 amide bonds. The summed E-state index contributed by atoms with van der Waals surface area (Å²) in [4.78, 5) is 29.8. The number of nitrogens with one attached hydrogen (secondary N) is 1. The monoisotopic (exact) mass is 364 g/mol. The average molecular weight is 364 g/mol. The van der Waals surface area contributed by atoms with Gasteiger partial charge in [0.15, 0.2) is 0 Å². The lowest BCUT2D eigenvalue weighted by molar-refractivity contribution is 0.102. The third kappa shape index (κ3) is 2.84. The molecule has 4 aromatic rings. The fourth-order valence-electron chi connectivity index (χ4n) is 2.77. The number of carbonyl (C=O) groups excluding carboxylic acids is 1. The number of carbonyl (C=O) groups is 1. The Bertz CT molecular complexity index is 1110. The van der Waals surface area contributed by atoms with Crippen molar-refractivity contribution in [2.24, 2.45) is 0 Å². The normalized spacial score (nSPS) is 11.0. The van der Waals surface area contributed by atoms with Gasteiger partial charge in [0.1, 0.15) is 5.82 Å². The first-order valence-corrected chi connectivity index (χ1v) is 8.90. The summed E-state index contributed by atoms with van der Waals surface area (Å²) in [6, 6.07) is 5.43. The molecule has 0 unspecified atom stereocenters. The van der Waals surface area contributed by atoms with E-state index in [0.717, 1.165) is 27.4 Å². The predicted molar refractivity (Wildman–Crippen MR) is 101 cm³/mol. The van der Waals surface area contributed by atoms with Gasteiger partial charge in [-0.25, -0.2) is 19.9 Å². The molecule has 1 N–H and O–H groups in total. The molecule has 0 bridgehead atoms. The fraction of sp³-hybridized carbons (Fsp3) is 0.167. The summed E-state index contributed by atoms with van der Waals surface area (Å²) in [6.45, 7) is 5.84. The van der Waals surface area contributed by atoms with Gasteiger partial charge >= 0.3 is 0 Å². The van der Waals surface area contributed by atoms with E-state index >= 15 is 0 Å². The topological polar surface area (TPSA) is 85.6 Å². The van der Waals surface area contributed by atoms with Crippen molar-refractivity contribution in [1.29, 1.82) is 0 Å². The van der Waals surface area contributed by atoms with Gasteiger partial charge < -0.3 is 5.32 Å². The molecule has 0 aliphatic rings. The number of hydrogen-bond acceptors (Lipinski definition) is 6. The van der Waals surface area contributed by atoms with Crippen molar-refractivity contribution < 1.29 is 4.79 Å². The molecular weight excluding hydrogens is 348 g/mol. The Morgan fingerprint density at radius 2 is 1.88 bits per heavy atom. The second-order valence-corrected chi connectivity index (χ2v) is 6.81. The van der Waals surface area contributed by atoms with Crippen LogP contribution in [0.15, 0.2) is 36.1 Å². The van der Waals surface area contributed by atoms with E-state index in [4.69, 9.17) is 0 Å². The van der Waals surface area contributed by atoms with E-state index in [0.29, 0.717) is 17.2 Å². The van der Waals surface area contributed by atoms with Crippen molar-refractivity contribution in [3.63, 3.8) is 0 Å². The van der Waals surface area contributed by atoms with E-state index < -0.39 is 0 Å². The number of rotatable bonds is 3. The van der Waals surface area contributed by atoms with Gasteiger partial charge in [0.2, 0.25) is 5.95 Å². The summed E-state index contributed by atoms with van der Waals surface area (Å²) in [5, 5.41) is 2.82. The molecule has 8 heteroatoms. The number of hydrogen-bond donors (Lipinski definition) is 1. The van der Waals surface area contributed by atoms with Crippen LogP contribution in [0.1, 0.15) is 27.6 Å². The Labute approximate surface area is 153 Å². The van der Waals surface area contributed by atoms with Crippen LogP contribution in [0.2, 0.25) is 0 Å². The van der Waals surface area contributed by atoms with Crippen LogP contribution in [-0.4, -0.2) is 30.4 Å². The summed E-state index contributed by atoms with van der Waals surface area (Å²) < 4.78 is 2.87. The van der Waals surface area contributed by atoms with Crippen LogP contribution in [0.3, 0.4) is 0 Å². The standard InChI is InChI=1S/C18H16N6OS/c1-10-11(2)24(12(3)22-10)18-19-7-14(8-20-18)23-17(25)13-4-5-15-16(6-13)26-9-21-15/h4-9H,1-3H3,(H,23,25). The third-order valence-electron chi connectivity index (χ3n) is 4.20. The first kappa shape index (κ1) is 16.3. The molecule has 7 nitrogen and oxygen atoms in total. The van der Waals surface area contributed by atoms with Crippen molar-refractivity contribution >= 4 is 33.1 Å². The Balaban J connectivity index is 1.56. The zero-order valence-electron chi connectivity index (χ0n) is 14.5. The van der Waals surface area contributed by atoms with Crippen LogP contribution >= 0.6 is 11.3 Å². The number of aryl methyl sites for hydroxylation is 2. The SMILES string of the molecule is Cc1nc(C)n(-c2ncc(NC(=O)c3ccc4ncsc4c3)cn2)c1C. The zero-order valence-corrected chi connectivity index (χ0v) is 15.3. The summed E-state index contributed by atoms with van der Waals surface area (Å²) in [7, 11) is 0. The highest BCUT2D eigenvalue weighted by molar-refractivity contribution is 7.16. The van der Waals surface area contributed by atoms with Crippen LogP contribution in [0, 0.1) is 20.8 Å². The van der Waals surface area contributed by atoms with Crippen molar-refractivity contribution in [2.75, 3.05) is 5.32 Å². The lowest BCUT2D eigenvalue weighted by Crippen LogP contribution is -2.13. The fourth-order valence-corrected chi connectivity index (χ4v) is 3.49. The molecule has 1 aromatic carbocycles. The van der Waals surface area contributed by atoms with E-state index in [-0.39, 0.29) is 5.91 Å². The molecule has 130 valence electrons. The molecule has 0 radical (unpaired) electrons. The molecule has 26 heavy (non-hydrogen) atoms. The molecule has 0 saturated heterocycles. The third-order valence-corrected chi connectivity index (χ3v) is 4.99. The molecule has 4 rings (SSSR count). The minimum Gasteiger partial charge on any atom is -0.319 e. The van der Waals surface area contributed by atoms with Crippen LogP contribution in [0.5, 0.6) is 0 Å². The summed E-state index contributed by atoms with van der Waals surface area (Å²) >= 11 is 1.50. The van der Waals surface area contributed by atoms with Gasteiger partial charge in [0, 0.05) is 11.3 Å². The highest BCUT2D eigenvalue weighted by Crippen LogP contribution is 2.20. The number of imidazole rings is 1. The molecule has 3 heterocycles. The lowest BCUT2D eigenvalue weighted by atomic mass is 10.2. The van der Waals surface area contributed by atoms with Crippen molar-refractivity contribution in [1.82, 2.24) is 24.5 Å². The average Bonchev–Trinajstić information content (AvgIpc) is 3.19. The Morgan fingerprint density at radius 1 is 1.12 bits per heavy atom. The van der Waals surface area contributed by atoms with Crippen LogP contribution < -0.4 is 5.32 Å². The van der Waals surface area contributed by atoms with E-state index in [1.807, 2.05) is 37.5 Å². The quantitative estimate of drug-likeness (QED) is 0.602. The maximum atomic E-state index is 12.4. The van der Waals surface area contributed by atoms with Crippen molar-refractivity contribution in [2.45, 2.75) is 20.8 Å². The Hall–Kier alpha value is -3.13. The lowest BCUT2D eigenvalue weighted by Gasteiger charge is -2.08. The molecule has 0 aliphatic heterocycles. The molecule has 0 atom stereocenters. The molecular formula is C18H16N6OS. The van der Waals surface area contributed by atoms with Gasteiger partial charge in [-0.1, -0.05) is 0 Å². The predicted octanol–water partition coefficient (Wildman–Crippen LogP) is 3.45. The minimum absolute atomic E-state index is 0.206. The summed E-state index contributed by atoms with van der Waals surface area (Å²) in [5.74, 6) is 1.15. The van der Waals surface area contributed by atoms with Gasteiger partial charge in [-0.2, -0.15) is 0 Å². The largest absolute Gasteiger partial charge is 0.319 e. The van der Waals surface area contributed by atoms with E-state index in [1.54, 1.807) is 24.0 Å². The van der Waals surface area contributed by atoms with Gasteiger partial charge in [-0.05, 0) is 39.0 Å². The number of anilines is 1. The molecule has 0 spiro atoms. The smallest absolute Gasteiger partial charge is 0.255 e. The van der Waals surface area contributed by atoms with E-state index in [9.17, 15) is 4.79 Å². The second-order valence-electron chi connectivity index (χ2n) is 5.93. The van der Waals surface area contributed by atoms with Crippen LogP contribution in [-0.2, 0) is 0 Å². The maximum absolute atomic E-state index is 12.4. The van der Waals surface area contributed by atoms with E-state index in [1.165, 1.54) is 11.3 Å². The van der Waals surface area contributed by atoms with Crippen molar-refractivity contribution in [3.8, 4) is 5.95 Å². The number of fused-ring (bicyclic) bond motifs is 1. The number of aromatic nitrogens is 5. The number of nitrogens with zero attached hydrogens (tertiary/aromatic N) is 5. The van der Waals surface area contributed by atoms with Crippen LogP contribution in [0.4, 0.5) is 5.69 Å². The first-order chi connectivity index (χ1) is 12.5. The Morgan fingerprint density at radius 3 is 2.58 bits per heavy atom. The second kappa shape index (κ2) is 6.30. The van der Waals surface area contributed by atoms with E-state index in [2.05, 4.69) is 25.3 Å². The minimum atomic E-state index is -0.206. The summed E-state index contributed by atoms with van der Waals surface area (Å²) in [6.07, 6.45) is 3.19. The van der Waals surface area contributed by atoms with Gasteiger partial charge in [-0.3, -0.25) is 9.36 Å². The first-order valence-electron chi connectivity index (χ1n) is 8.02. The zero-order chi connectivity index (χ0) is 18.3. The maximum Gasteiger partial charge on any atom is 0.255 e. The number of benzene rings is 1. The van der Waals surface area contributed by atoms with Crippen LogP contribution in [0.25, 0.3) is 16.2 Å². The highest BCUT2D eigenvalue weighted by Gasteiger charge is 2.12. The number of thiazole rings is 1. The molecule has 0 aliphatic carbocycles. The molecule has 3 aromatic heterocycles. The van der Waals surface area contributed by atoms with Gasteiger partial charge in [-0.15, -0.1) is 11.3 Å². The summed E-state index contributed by atoms with van der Waals surface area (Å²) in [5.41, 5.74) is 5.71. The number of amides is 1. The molecule has 0 fully saturated rings. The van der Waals surface area contributed by atoms with Crippen molar-refractivity contribution in [3.05, 3.63) is 58.9 Å². The Kier molecular flexibility index (Phi) is 3.96. The molecule has 0 saturated carbocycles. The van der Waals surface area contributed by atoms with Gasteiger partial charge in [0.25, 0.3) is 5.91 Å². The van der Waals surface area contributed by atoms with Gasteiger partial charge in [0.05, 0.1) is 39.5 Å². The highest BCUT2D eigenvalue weighted by atomic mass is 32.1.